The molecule has 1 N–H and O–H groups in total. The fourth-order valence-electron chi connectivity index (χ4n) is 5.69. The number of aryl methyl sites for hydroxylation is 1. The van der Waals surface area contributed by atoms with E-state index in [1.807, 2.05) is 16.7 Å². The summed E-state index contributed by atoms with van der Waals surface area (Å²) < 4.78 is 1.56. The van der Waals surface area contributed by atoms with E-state index in [4.69, 9.17) is 0 Å². The number of rotatable bonds is 3. The number of H-pyrrole nitrogens is 1. The Balaban J connectivity index is 1.16. The van der Waals surface area contributed by atoms with Crippen LogP contribution in [0.25, 0.3) is 5.95 Å². The number of piperidine rings is 1. The second kappa shape index (κ2) is 7.02. The molecule has 32 heavy (non-hydrogen) atoms. The highest BCUT2D eigenvalue weighted by molar-refractivity contribution is 5.95. The zero-order valence-electron chi connectivity index (χ0n) is 18.4. The molecule has 3 fully saturated rings. The van der Waals surface area contributed by atoms with Crippen molar-refractivity contribution >= 4 is 11.8 Å². The van der Waals surface area contributed by atoms with Crippen molar-refractivity contribution in [2.45, 2.75) is 51.9 Å². The number of aromatic nitrogens is 4. The van der Waals surface area contributed by atoms with Gasteiger partial charge in [0, 0.05) is 37.7 Å². The molecular weight excluding hydrogens is 408 g/mol. The van der Waals surface area contributed by atoms with Crippen molar-refractivity contribution < 1.29 is 9.59 Å². The minimum absolute atomic E-state index is 0.0432. The zero-order valence-corrected chi connectivity index (χ0v) is 18.4. The molecule has 9 nitrogen and oxygen atoms in total. The third-order valence-electron chi connectivity index (χ3n) is 8.07. The van der Waals surface area contributed by atoms with Gasteiger partial charge >= 0.3 is 0 Å². The average molecular weight is 437 g/mol. The molecule has 2 saturated heterocycles. The highest BCUT2D eigenvalue weighted by atomic mass is 16.2. The molecule has 2 aromatic heterocycles. The van der Waals surface area contributed by atoms with Gasteiger partial charge in [-0.1, -0.05) is 0 Å². The first-order valence-electron chi connectivity index (χ1n) is 11.7. The molecule has 6 rings (SSSR count). The van der Waals surface area contributed by atoms with E-state index < -0.39 is 0 Å². The maximum absolute atomic E-state index is 13.2. The van der Waals surface area contributed by atoms with E-state index in [0.29, 0.717) is 36.2 Å². The summed E-state index contributed by atoms with van der Waals surface area (Å²) in [6, 6.07) is 0. The van der Waals surface area contributed by atoms with Gasteiger partial charge in [-0.25, -0.2) is 9.67 Å². The van der Waals surface area contributed by atoms with Crippen LogP contribution in [0.2, 0.25) is 0 Å². The molecule has 2 amide bonds. The van der Waals surface area contributed by atoms with Gasteiger partial charge in [0.15, 0.2) is 0 Å². The minimum Gasteiger partial charge on any atom is -0.342 e. The molecule has 1 unspecified atom stereocenters. The Labute approximate surface area is 185 Å². The van der Waals surface area contributed by atoms with Crippen molar-refractivity contribution in [3.8, 4) is 5.95 Å². The van der Waals surface area contributed by atoms with Gasteiger partial charge in [-0.15, -0.1) is 0 Å². The van der Waals surface area contributed by atoms with Gasteiger partial charge in [0.2, 0.25) is 11.9 Å². The first-order valence-corrected chi connectivity index (χ1v) is 11.7. The fourth-order valence-corrected chi connectivity index (χ4v) is 5.69. The first kappa shape index (κ1) is 19.7. The predicted octanol–water partition coefficient (Wildman–Crippen LogP) is 1.23. The summed E-state index contributed by atoms with van der Waals surface area (Å²) in [5, 5.41) is 4.37. The number of carbonyl (C=O) groups excluding carboxylic acids is 2. The zero-order chi connectivity index (χ0) is 22.0. The Morgan fingerprint density at radius 3 is 2.59 bits per heavy atom. The molecule has 4 aliphatic rings. The molecule has 1 saturated carbocycles. The standard InChI is InChI=1S/C23H28N6O3/c1-14-16(13-24-29(14)22-25-18-5-2-4-15(18)19(30)26-22)20(31)28-10-6-23(7-11-28)12-17(23)21(32)27-8-3-9-27/h13,17H,2-12H2,1H3,(H,25,26,30). The van der Waals surface area contributed by atoms with Crippen molar-refractivity contribution in [1.29, 1.82) is 0 Å². The van der Waals surface area contributed by atoms with Crippen LogP contribution < -0.4 is 5.56 Å². The van der Waals surface area contributed by atoms with Crippen LogP contribution in [-0.2, 0) is 17.6 Å². The highest BCUT2D eigenvalue weighted by Crippen LogP contribution is 2.60. The summed E-state index contributed by atoms with van der Waals surface area (Å²) in [6.45, 7) is 4.98. The summed E-state index contributed by atoms with van der Waals surface area (Å²) in [5.41, 5.74) is 2.80. The number of nitrogens with one attached hydrogen (secondary N) is 1. The second-order valence-corrected chi connectivity index (χ2v) is 9.81. The monoisotopic (exact) mass is 436 g/mol. The van der Waals surface area contributed by atoms with Crippen LogP contribution in [0.1, 0.15) is 59.4 Å². The maximum Gasteiger partial charge on any atom is 0.257 e. The molecule has 1 atom stereocenters. The van der Waals surface area contributed by atoms with Crippen LogP contribution in [0.4, 0.5) is 0 Å². The van der Waals surface area contributed by atoms with Crippen molar-refractivity contribution in [2.75, 3.05) is 26.2 Å². The number of aromatic amines is 1. The van der Waals surface area contributed by atoms with Gasteiger partial charge in [0.1, 0.15) is 0 Å². The Kier molecular flexibility index (Phi) is 4.32. The number of hydrogen-bond donors (Lipinski definition) is 1. The van der Waals surface area contributed by atoms with E-state index in [9.17, 15) is 14.4 Å². The van der Waals surface area contributed by atoms with E-state index in [0.717, 1.165) is 69.3 Å². The number of hydrogen-bond acceptors (Lipinski definition) is 5. The number of likely N-dealkylation sites (tertiary alicyclic amines) is 2. The summed E-state index contributed by atoms with van der Waals surface area (Å²) >= 11 is 0. The van der Waals surface area contributed by atoms with E-state index in [1.54, 1.807) is 10.9 Å². The third-order valence-corrected chi connectivity index (χ3v) is 8.07. The molecule has 2 aliphatic heterocycles. The Morgan fingerprint density at radius 1 is 1.09 bits per heavy atom. The molecule has 168 valence electrons. The normalized spacial score (nSPS) is 23.2. The molecule has 0 bridgehead atoms. The van der Waals surface area contributed by atoms with Crippen LogP contribution >= 0.6 is 0 Å². The van der Waals surface area contributed by atoms with Gasteiger partial charge < -0.3 is 9.80 Å². The first-order chi connectivity index (χ1) is 15.5. The van der Waals surface area contributed by atoms with Crippen LogP contribution in [0.15, 0.2) is 11.0 Å². The number of amides is 2. The lowest BCUT2D eigenvalue weighted by atomic mass is 9.90. The summed E-state index contributed by atoms with van der Waals surface area (Å²) in [7, 11) is 0. The van der Waals surface area contributed by atoms with Gasteiger partial charge in [0.25, 0.3) is 11.5 Å². The highest BCUT2D eigenvalue weighted by Gasteiger charge is 2.59. The van der Waals surface area contributed by atoms with Crippen LogP contribution in [0.3, 0.4) is 0 Å². The number of nitrogens with zero attached hydrogens (tertiary/aromatic N) is 5. The Bertz CT molecular complexity index is 1170. The lowest BCUT2D eigenvalue weighted by molar-refractivity contribution is -0.137. The molecule has 1 spiro atoms. The van der Waals surface area contributed by atoms with Crippen LogP contribution in [0, 0.1) is 18.3 Å². The molecule has 0 radical (unpaired) electrons. The van der Waals surface area contributed by atoms with Crippen LogP contribution in [0.5, 0.6) is 0 Å². The second-order valence-electron chi connectivity index (χ2n) is 9.81. The van der Waals surface area contributed by atoms with Gasteiger partial charge in [-0.2, -0.15) is 5.10 Å². The lowest BCUT2D eigenvalue weighted by Crippen LogP contribution is -2.45. The van der Waals surface area contributed by atoms with Gasteiger partial charge in [-0.3, -0.25) is 19.4 Å². The predicted molar refractivity (Wildman–Crippen MR) is 116 cm³/mol. The van der Waals surface area contributed by atoms with Crippen LogP contribution in [-0.4, -0.2) is 67.5 Å². The average Bonchev–Trinajstić information content (AvgIpc) is 3.07. The topological polar surface area (TPSA) is 104 Å². The van der Waals surface area contributed by atoms with Gasteiger partial charge in [0.05, 0.1) is 23.1 Å². The maximum atomic E-state index is 13.2. The molecule has 4 heterocycles. The third kappa shape index (κ3) is 2.93. The summed E-state index contributed by atoms with van der Waals surface area (Å²) in [4.78, 5) is 49.5. The molecule has 0 aromatic carbocycles. The van der Waals surface area contributed by atoms with Crippen molar-refractivity contribution in [1.82, 2.24) is 29.5 Å². The van der Waals surface area contributed by atoms with Crippen molar-refractivity contribution in [3.05, 3.63) is 39.1 Å². The Morgan fingerprint density at radius 2 is 1.88 bits per heavy atom. The summed E-state index contributed by atoms with van der Waals surface area (Å²) in [6.07, 6.45) is 7.94. The SMILES string of the molecule is Cc1c(C(=O)N2CCC3(CC2)CC3C(=O)N2CCC2)cnn1-c1nc2c(c(=O)[nH]1)CCC2. The molecule has 9 heteroatoms. The molecule has 2 aliphatic carbocycles. The lowest BCUT2D eigenvalue weighted by Gasteiger charge is -2.35. The summed E-state index contributed by atoms with van der Waals surface area (Å²) in [5.74, 6) is 0.810. The quantitative estimate of drug-likeness (QED) is 0.779. The molecule has 2 aromatic rings. The van der Waals surface area contributed by atoms with E-state index >= 15 is 0 Å². The number of carbonyl (C=O) groups is 2. The van der Waals surface area contributed by atoms with E-state index in [2.05, 4.69) is 15.1 Å². The number of fused-ring (bicyclic) bond motifs is 1. The van der Waals surface area contributed by atoms with E-state index in [1.165, 1.54) is 0 Å². The minimum atomic E-state index is -0.113. The van der Waals surface area contributed by atoms with E-state index in [-0.39, 0.29) is 22.8 Å². The van der Waals surface area contributed by atoms with Crippen molar-refractivity contribution in [3.63, 3.8) is 0 Å². The Hall–Kier alpha value is -2.97. The smallest absolute Gasteiger partial charge is 0.257 e. The fraction of sp³-hybridized carbons (Fsp3) is 0.609. The van der Waals surface area contributed by atoms with Crippen molar-refractivity contribution in [2.24, 2.45) is 11.3 Å². The van der Waals surface area contributed by atoms with Gasteiger partial charge in [-0.05, 0) is 57.3 Å². The molecular formula is C23H28N6O3. The largest absolute Gasteiger partial charge is 0.342 e.